The number of amides is 1. The number of carbonyl (C=O) groups excluding carboxylic acids is 3. The quantitative estimate of drug-likeness (QED) is 0.234. The van der Waals surface area contributed by atoms with Crippen molar-refractivity contribution in [2.75, 3.05) is 14.1 Å². The Kier molecular flexibility index (Phi) is 5.87. The number of phenolic OH excluding ortho intramolecular Hbond substituents is 1. The molecule has 1 aromatic carbocycles. The molecule has 0 spiro atoms. The van der Waals surface area contributed by atoms with Crippen molar-refractivity contribution >= 4 is 23.2 Å². The molecule has 0 unspecified atom stereocenters. The molecule has 0 aliphatic heterocycles. The van der Waals surface area contributed by atoms with E-state index < -0.39 is 75.6 Å². The number of aliphatic hydroxyl groups excluding tert-OH is 3. The molecular weight excluding hydrogens is 456 g/mol. The molecule has 11 heteroatoms. The Balaban J connectivity index is 0.00000306. The lowest BCUT2D eigenvalue weighted by Gasteiger charge is -2.53. The SMILES string of the molecule is C[C@H]1c2cccc(O)c2C(O)=C2C(=O)[C@]3(O)C(O)=C(C(N)=O)C(=O)[C@@H](N(C)C)[C@@H]3[C@@H](O)[C@@H]21.[Cl-]. The fourth-order valence-corrected chi connectivity index (χ4v) is 5.58. The zero-order chi connectivity index (χ0) is 23.9. The molecule has 1 aromatic rings. The molecule has 6 atom stereocenters. The first-order valence-corrected chi connectivity index (χ1v) is 10.0. The number of aromatic hydroxyl groups is 1. The standard InChI is InChI=1S/C22H24N2O8.ClH/c1-7-8-5-4-6-9(25)11(8)16(26)12-10(7)17(27)14-15(24(2)3)18(28)13(21(23)31)20(30)22(14,32)19(12)29;/h4-7,10,14-15,17,25-27,30,32H,1-3H3,(H2,23,31);1H/p-1/t7-,10+,14+,15-,17-,22-;/m0./s1. The second kappa shape index (κ2) is 7.84. The van der Waals surface area contributed by atoms with Crippen LogP contribution >= 0.6 is 0 Å². The summed E-state index contributed by atoms with van der Waals surface area (Å²) >= 11 is 0. The van der Waals surface area contributed by atoms with Crippen LogP contribution in [0.1, 0.15) is 24.0 Å². The number of nitrogens with two attached hydrogens (primary N) is 1. The van der Waals surface area contributed by atoms with E-state index in [1.54, 1.807) is 19.1 Å². The van der Waals surface area contributed by atoms with E-state index in [1.807, 2.05) is 0 Å². The maximum atomic E-state index is 13.7. The summed E-state index contributed by atoms with van der Waals surface area (Å²) in [6, 6.07) is 3.13. The van der Waals surface area contributed by atoms with E-state index in [0.29, 0.717) is 5.56 Å². The first-order chi connectivity index (χ1) is 14.9. The summed E-state index contributed by atoms with van der Waals surface area (Å²) in [5.41, 5.74) is 1.47. The Labute approximate surface area is 195 Å². The lowest BCUT2D eigenvalue weighted by Crippen LogP contribution is -3.00. The van der Waals surface area contributed by atoms with Gasteiger partial charge in [0.15, 0.2) is 11.4 Å². The van der Waals surface area contributed by atoms with E-state index in [2.05, 4.69) is 0 Å². The minimum absolute atomic E-state index is 0. The van der Waals surface area contributed by atoms with Gasteiger partial charge < -0.3 is 43.7 Å². The number of ketones is 2. The van der Waals surface area contributed by atoms with Crippen LogP contribution in [0.15, 0.2) is 35.1 Å². The first kappa shape index (κ1) is 24.7. The smallest absolute Gasteiger partial charge is 0.255 e. The Morgan fingerprint density at radius 2 is 1.76 bits per heavy atom. The first-order valence-electron chi connectivity index (χ1n) is 10.0. The van der Waals surface area contributed by atoms with Crippen molar-refractivity contribution in [2.24, 2.45) is 17.6 Å². The van der Waals surface area contributed by atoms with Crippen molar-refractivity contribution in [3.8, 4) is 5.75 Å². The van der Waals surface area contributed by atoms with Crippen molar-refractivity contribution in [3.63, 3.8) is 0 Å². The number of likely N-dealkylation sites (N-methyl/N-ethyl adjacent to an activating group) is 1. The molecule has 10 nitrogen and oxygen atoms in total. The van der Waals surface area contributed by atoms with E-state index in [9.17, 15) is 39.9 Å². The summed E-state index contributed by atoms with van der Waals surface area (Å²) in [6.45, 7) is 1.68. The maximum Gasteiger partial charge on any atom is 0.255 e. The average molecular weight is 480 g/mol. The Morgan fingerprint density at radius 1 is 1.15 bits per heavy atom. The monoisotopic (exact) mass is 479 g/mol. The topological polar surface area (TPSA) is 182 Å². The van der Waals surface area contributed by atoms with E-state index in [4.69, 9.17) is 5.73 Å². The van der Waals surface area contributed by atoms with Gasteiger partial charge in [-0.05, 0) is 31.6 Å². The molecule has 1 fully saturated rings. The Hall–Kier alpha value is -2.92. The van der Waals surface area contributed by atoms with Gasteiger partial charge in [-0.2, -0.15) is 0 Å². The van der Waals surface area contributed by atoms with Crippen LogP contribution in [0.2, 0.25) is 0 Å². The van der Waals surface area contributed by atoms with Gasteiger partial charge in [0.25, 0.3) is 5.91 Å². The fourth-order valence-electron chi connectivity index (χ4n) is 5.58. The Bertz CT molecular complexity index is 1140. The van der Waals surface area contributed by atoms with Crippen LogP contribution in [0.5, 0.6) is 5.75 Å². The largest absolute Gasteiger partial charge is 1.00 e. The number of rotatable bonds is 2. The Morgan fingerprint density at radius 3 is 2.30 bits per heavy atom. The summed E-state index contributed by atoms with van der Waals surface area (Å²) in [5, 5.41) is 54.9. The van der Waals surface area contributed by atoms with Gasteiger partial charge in [0.2, 0.25) is 5.78 Å². The molecule has 0 saturated heterocycles. The molecule has 4 rings (SSSR count). The maximum absolute atomic E-state index is 13.7. The molecule has 0 aromatic heterocycles. The van der Waals surface area contributed by atoms with Gasteiger partial charge in [-0.3, -0.25) is 19.3 Å². The van der Waals surface area contributed by atoms with E-state index in [1.165, 1.54) is 25.1 Å². The summed E-state index contributed by atoms with van der Waals surface area (Å²) in [7, 11) is 2.92. The van der Waals surface area contributed by atoms with Gasteiger partial charge in [0.1, 0.15) is 22.8 Å². The van der Waals surface area contributed by atoms with E-state index in [-0.39, 0.29) is 23.7 Å². The van der Waals surface area contributed by atoms with Crippen LogP contribution in [0, 0.1) is 11.8 Å². The normalized spacial score (nSPS) is 33.3. The van der Waals surface area contributed by atoms with Gasteiger partial charge >= 0.3 is 0 Å². The molecule has 0 heterocycles. The predicted molar refractivity (Wildman–Crippen MR) is 110 cm³/mol. The minimum Gasteiger partial charge on any atom is -1.00 e. The molecular formula is C22H24ClN2O8-. The number of primary amides is 1. The van der Waals surface area contributed by atoms with Gasteiger partial charge in [-0.1, -0.05) is 19.1 Å². The third-order valence-electron chi connectivity index (χ3n) is 6.99. The van der Waals surface area contributed by atoms with Crippen molar-refractivity contribution in [1.82, 2.24) is 4.90 Å². The number of halogens is 1. The second-order valence-corrected chi connectivity index (χ2v) is 8.79. The molecule has 0 bridgehead atoms. The summed E-state index contributed by atoms with van der Waals surface area (Å²) < 4.78 is 0. The van der Waals surface area contributed by atoms with E-state index >= 15 is 0 Å². The van der Waals surface area contributed by atoms with Crippen molar-refractivity contribution in [3.05, 3.63) is 46.2 Å². The number of benzene rings is 1. The summed E-state index contributed by atoms with van der Waals surface area (Å²) in [5.74, 6) is -8.87. The lowest BCUT2D eigenvalue weighted by molar-refractivity contribution is -0.169. The fraction of sp³-hybridized carbons (Fsp3) is 0.409. The number of phenols is 1. The average Bonchev–Trinajstić information content (AvgIpc) is 2.70. The molecule has 3 aliphatic carbocycles. The highest BCUT2D eigenvalue weighted by molar-refractivity contribution is 6.24. The highest BCUT2D eigenvalue weighted by atomic mass is 35.5. The molecule has 33 heavy (non-hydrogen) atoms. The van der Waals surface area contributed by atoms with Crippen LogP contribution < -0.4 is 18.1 Å². The lowest BCUT2D eigenvalue weighted by atomic mass is 9.54. The number of hydrogen-bond acceptors (Lipinski definition) is 9. The highest BCUT2D eigenvalue weighted by Crippen LogP contribution is 2.55. The van der Waals surface area contributed by atoms with Gasteiger partial charge in [0.05, 0.1) is 23.6 Å². The third-order valence-corrected chi connectivity index (χ3v) is 6.99. The number of fused-ring (bicyclic) bond motifs is 3. The minimum atomic E-state index is -2.89. The van der Waals surface area contributed by atoms with Crippen LogP contribution in [-0.2, 0) is 14.4 Å². The number of carbonyl (C=O) groups is 3. The zero-order valence-corrected chi connectivity index (χ0v) is 18.7. The highest BCUT2D eigenvalue weighted by Gasteiger charge is 2.68. The summed E-state index contributed by atoms with van der Waals surface area (Å²) in [4.78, 5) is 40.0. The van der Waals surface area contributed by atoms with Crippen LogP contribution in [-0.4, -0.2) is 79.7 Å². The van der Waals surface area contributed by atoms with E-state index in [0.717, 1.165) is 0 Å². The van der Waals surface area contributed by atoms with Crippen LogP contribution in [0.3, 0.4) is 0 Å². The molecule has 0 radical (unpaired) electrons. The number of hydrogen-bond donors (Lipinski definition) is 6. The zero-order valence-electron chi connectivity index (χ0n) is 18.0. The predicted octanol–water partition coefficient (Wildman–Crippen LogP) is -3.50. The van der Waals surface area contributed by atoms with Gasteiger partial charge in [-0.25, -0.2) is 0 Å². The molecule has 178 valence electrons. The number of aliphatic hydroxyl groups is 4. The summed E-state index contributed by atoms with van der Waals surface area (Å²) in [6.07, 6.45) is -1.59. The second-order valence-electron chi connectivity index (χ2n) is 8.79. The van der Waals surface area contributed by atoms with Crippen molar-refractivity contribution in [2.45, 2.75) is 30.6 Å². The number of nitrogens with zero attached hydrogens (tertiary/aromatic N) is 1. The van der Waals surface area contributed by atoms with Crippen molar-refractivity contribution < 1.29 is 52.3 Å². The third kappa shape index (κ3) is 2.95. The number of Topliss-reactive ketones (excluding diaryl/α,β-unsaturated/α-hetero) is 2. The van der Waals surface area contributed by atoms with Gasteiger partial charge in [-0.15, -0.1) is 0 Å². The van der Waals surface area contributed by atoms with Gasteiger partial charge in [0, 0.05) is 11.5 Å². The molecule has 3 aliphatic rings. The molecule has 7 N–H and O–H groups in total. The van der Waals surface area contributed by atoms with Crippen LogP contribution in [0.25, 0.3) is 5.76 Å². The molecule has 1 saturated carbocycles. The molecule has 1 amide bonds. The van der Waals surface area contributed by atoms with Crippen molar-refractivity contribution in [1.29, 1.82) is 0 Å². The van der Waals surface area contributed by atoms with Crippen LogP contribution in [0.4, 0.5) is 0 Å².